The van der Waals surface area contributed by atoms with Crippen LogP contribution >= 0.6 is 39.0 Å². The number of benzene rings is 3. The van der Waals surface area contributed by atoms with Gasteiger partial charge < -0.3 is 5.32 Å². The van der Waals surface area contributed by atoms with Crippen LogP contribution in [0, 0.1) is 0 Å². The highest BCUT2D eigenvalue weighted by Gasteiger charge is 2.16. The molecule has 0 radical (unpaired) electrons. The smallest absolute Gasteiger partial charge is 0.234 e. The fraction of sp³-hybridized carbons (Fsp3) is 0.0435. The number of amides is 1. The van der Waals surface area contributed by atoms with Gasteiger partial charge in [0.15, 0.2) is 4.34 Å². The molecule has 6 heteroatoms. The molecule has 0 saturated carbocycles. The van der Waals surface area contributed by atoms with Crippen molar-refractivity contribution in [3.63, 3.8) is 0 Å². The summed E-state index contributed by atoms with van der Waals surface area (Å²) in [6.45, 7) is 0. The average Bonchev–Trinajstić information content (AvgIpc) is 3.20. The Balaban J connectivity index is 1.53. The van der Waals surface area contributed by atoms with E-state index >= 15 is 0 Å². The van der Waals surface area contributed by atoms with Gasteiger partial charge in [0.2, 0.25) is 5.91 Å². The van der Waals surface area contributed by atoms with Gasteiger partial charge >= 0.3 is 0 Å². The molecule has 0 aliphatic carbocycles. The molecule has 0 aliphatic rings. The molecule has 0 fully saturated rings. The minimum atomic E-state index is -0.0463. The standard InChI is InChI=1S/C23H17BrN2OS2/c24-18-11-13-19(14-12-18)25-20(27)15-28-23-26-21(16-7-3-1-4-8-16)22(29-23)17-9-5-2-6-10-17/h1-14H,15H2,(H,25,27). The van der Waals surface area contributed by atoms with Crippen molar-refractivity contribution in [1.29, 1.82) is 0 Å². The first kappa shape index (κ1) is 19.9. The Hall–Kier alpha value is -2.41. The molecule has 29 heavy (non-hydrogen) atoms. The number of nitrogens with zero attached hydrogens (tertiary/aromatic N) is 1. The van der Waals surface area contributed by atoms with Crippen LogP contribution in [0.25, 0.3) is 21.7 Å². The SMILES string of the molecule is O=C(CSc1nc(-c2ccccc2)c(-c2ccccc2)s1)Nc1ccc(Br)cc1. The van der Waals surface area contributed by atoms with Crippen molar-refractivity contribution in [2.45, 2.75) is 4.34 Å². The van der Waals surface area contributed by atoms with Crippen LogP contribution < -0.4 is 5.32 Å². The Bertz CT molecular complexity index is 1040. The number of thioether (sulfide) groups is 1. The Morgan fingerprint density at radius 1 is 0.897 bits per heavy atom. The highest BCUT2D eigenvalue weighted by atomic mass is 79.9. The summed E-state index contributed by atoms with van der Waals surface area (Å²) in [6.07, 6.45) is 0. The highest BCUT2D eigenvalue weighted by Crippen LogP contribution is 2.40. The van der Waals surface area contributed by atoms with Crippen molar-refractivity contribution in [3.8, 4) is 21.7 Å². The summed E-state index contributed by atoms with van der Waals surface area (Å²) in [5, 5.41) is 2.92. The lowest BCUT2D eigenvalue weighted by atomic mass is 10.1. The molecule has 0 atom stereocenters. The van der Waals surface area contributed by atoms with E-state index in [1.54, 1.807) is 11.3 Å². The number of halogens is 1. The van der Waals surface area contributed by atoms with E-state index in [9.17, 15) is 4.79 Å². The van der Waals surface area contributed by atoms with E-state index < -0.39 is 0 Å². The van der Waals surface area contributed by atoms with Crippen LogP contribution in [0.4, 0.5) is 5.69 Å². The number of nitrogens with one attached hydrogen (secondary N) is 1. The molecule has 0 saturated heterocycles. The zero-order valence-electron chi connectivity index (χ0n) is 15.3. The van der Waals surface area contributed by atoms with Crippen LogP contribution in [0.3, 0.4) is 0 Å². The molecule has 0 aliphatic heterocycles. The number of hydrogen-bond donors (Lipinski definition) is 1. The summed E-state index contributed by atoms with van der Waals surface area (Å²) >= 11 is 6.48. The quantitative estimate of drug-likeness (QED) is 0.303. The van der Waals surface area contributed by atoms with E-state index in [2.05, 4.69) is 45.5 Å². The van der Waals surface area contributed by atoms with Gasteiger partial charge in [0, 0.05) is 15.7 Å². The molecular formula is C23H17BrN2OS2. The molecule has 1 N–H and O–H groups in total. The van der Waals surface area contributed by atoms with Crippen LogP contribution in [0.5, 0.6) is 0 Å². The molecule has 0 unspecified atom stereocenters. The van der Waals surface area contributed by atoms with Crippen molar-refractivity contribution in [2.75, 3.05) is 11.1 Å². The first-order valence-corrected chi connectivity index (χ1v) is 11.6. The molecule has 1 heterocycles. The van der Waals surface area contributed by atoms with Gasteiger partial charge in [-0.2, -0.15) is 0 Å². The van der Waals surface area contributed by atoms with E-state index in [4.69, 9.17) is 4.98 Å². The third-order valence-corrected chi connectivity index (χ3v) is 6.92. The van der Waals surface area contributed by atoms with Crippen LogP contribution in [-0.2, 0) is 4.79 Å². The van der Waals surface area contributed by atoms with Crippen molar-refractivity contribution >= 4 is 50.6 Å². The molecule has 0 bridgehead atoms. The summed E-state index contributed by atoms with van der Waals surface area (Å²) in [5.74, 6) is 0.265. The summed E-state index contributed by atoms with van der Waals surface area (Å²) in [6, 6.07) is 28.0. The molecule has 3 aromatic carbocycles. The van der Waals surface area contributed by atoms with Crippen molar-refractivity contribution < 1.29 is 4.79 Å². The molecule has 4 aromatic rings. The number of thiazole rings is 1. The maximum atomic E-state index is 12.3. The lowest BCUT2D eigenvalue weighted by Gasteiger charge is -2.04. The Morgan fingerprint density at radius 2 is 1.52 bits per heavy atom. The van der Waals surface area contributed by atoms with Crippen molar-refractivity contribution in [1.82, 2.24) is 4.98 Å². The van der Waals surface area contributed by atoms with Crippen LogP contribution in [-0.4, -0.2) is 16.6 Å². The van der Waals surface area contributed by atoms with Crippen LogP contribution in [0.2, 0.25) is 0 Å². The summed E-state index contributed by atoms with van der Waals surface area (Å²) < 4.78 is 1.86. The molecule has 3 nitrogen and oxygen atoms in total. The van der Waals surface area contributed by atoms with E-state index in [1.807, 2.05) is 60.7 Å². The van der Waals surface area contributed by atoms with Gasteiger partial charge in [-0.1, -0.05) is 88.4 Å². The third-order valence-electron chi connectivity index (χ3n) is 4.15. The van der Waals surface area contributed by atoms with Crippen molar-refractivity contribution in [3.05, 3.63) is 89.4 Å². The molecule has 1 aromatic heterocycles. The second-order valence-corrected chi connectivity index (χ2v) is 9.37. The zero-order valence-corrected chi connectivity index (χ0v) is 18.6. The Labute approximate surface area is 186 Å². The van der Waals surface area contributed by atoms with E-state index in [1.165, 1.54) is 11.8 Å². The zero-order chi connectivity index (χ0) is 20.1. The third kappa shape index (κ3) is 5.15. The summed E-state index contributed by atoms with van der Waals surface area (Å²) in [4.78, 5) is 18.3. The maximum absolute atomic E-state index is 12.3. The van der Waals surface area contributed by atoms with Gasteiger partial charge in [-0.15, -0.1) is 11.3 Å². The second-order valence-electron chi connectivity index (χ2n) is 6.23. The predicted octanol–water partition coefficient (Wildman–Crippen LogP) is 6.97. The largest absolute Gasteiger partial charge is 0.325 e. The number of rotatable bonds is 6. The molecule has 0 spiro atoms. The minimum Gasteiger partial charge on any atom is -0.325 e. The van der Waals surface area contributed by atoms with Gasteiger partial charge in [0.1, 0.15) is 0 Å². The summed E-state index contributed by atoms with van der Waals surface area (Å²) in [5.41, 5.74) is 3.95. The van der Waals surface area contributed by atoms with Gasteiger partial charge in [-0.05, 0) is 29.8 Å². The Kier molecular flexibility index (Phi) is 6.44. The number of carbonyl (C=O) groups is 1. The number of aromatic nitrogens is 1. The van der Waals surface area contributed by atoms with Crippen LogP contribution in [0.1, 0.15) is 0 Å². The molecule has 1 amide bonds. The molecule has 144 valence electrons. The van der Waals surface area contributed by atoms with Crippen LogP contribution in [0.15, 0.2) is 93.7 Å². The number of hydrogen-bond acceptors (Lipinski definition) is 4. The average molecular weight is 481 g/mol. The monoisotopic (exact) mass is 480 g/mol. The first-order valence-electron chi connectivity index (χ1n) is 8.99. The number of anilines is 1. The molecule has 4 rings (SSSR count). The predicted molar refractivity (Wildman–Crippen MR) is 126 cm³/mol. The number of carbonyl (C=O) groups excluding carboxylic acids is 1. The van der Waals surface area contributed by atoms with Gasteiger partial charge in [-0.25, -0.2) is 4.98 Å². The fourth-order valence-electron chi connectivity index (χ4n) is 2.80. The maximum Gasteiger partial charge on any atom is 0.234 e. The van der Waals surface area contributed by atoms with Gasteiger partial charge in [0.05, 0.1) is 16.3 Å². The second kappa shape index (κ2) is 9.39. The van der Waals surface area contributed by atoms with E-state index in [0.29, 0.717) is 5.75 Å². The van der Waals surface area contributed by atoms with Crippen molar-refractivity contribution in [2.24, 2.45) is 0 Å². The van der Waals surface area contributed by atoms with Gasteiger partial charge in [-0.3, -0.25) is 4.79 Å². The topological polar surface area (TPSA) is 42.0 Å². The fourth-order valence-corrected chi connectivity index (χ4v) is 5.03. The highest BCUT2D eigenvalue weighted by molar-refractivity contribution is 9.10. The summed E-state index contributed by atoms with van der Waals surface area (Å²) in [7, 11) is 0. The van der Waals surface area contributed by atoms with E-state index in [0.717, 1.165) is 36.2 Å². The first-order chi connectivity index (χ1) is 14.2. The Morgan fingerprint density at radius 3 is 2.17 bits per heavy atom. The lowest BCUT2D eigenvalue weighted by molar-refractivity contribution is -0.113. The molecular weight excluding hydrogens is 464 g/mol. The van der Waals surface area contributed by atoms with Gasteiger partial charge in [0.25, 0.3) is 0 Å². The lowest BCUT2D eigenvalue weighted by Crippen LogP contribution is -2.13. The normalized spacial score (nSPS) is 10.7. The minimum absolute atomic E-state index is 0.0463. The van der Waals surface area contributed by atoms with E-state index in [-0.39, 0.29) is 5.91 Å².